The standard InChI is InChI=1S/C21H22ClN3O3/c22-15-7-9-16(10-8-15)25-19-6-4-2-1-3-5-18(19)21(23-25)24-11-12-28-14-17(24)13-20(26)27/h1,3,5-10,17H,2,4,11-14H2,(H,26,27)/b3-1-,18-5+,19-6-. The molecule has 1 aliphatic heterocycles. The van der Waals surface area contributed by atoms with Crippen molar-refractivity contribution in [2.45, 2.75) is 25.3 Å². The maximum atomic E-state index is 11.3. The summed E-state index contributed by atoms with van der Waals surface area (Å²) in [5.41, 5.74) is 0.921. The highest BCUT2D eigenvalue weighted by Gasteiger charge is 2.28. The number of rotatable bonds is 4. The van der Waals surface area contributed by atoms with Crippen LogP contribution in [0.5, 0.6) is 0 Å². The van der Waals surface area contributed by atoms with E-state index in [-0.39, 0.29) is 12.5 Å². The van der Waals surface area contributed by atoms with Crippen LogP contribution >= 0.6 is 11.6 Å². The summed E-state index contributed by atoms with van der Waals surface area (Å²) in [7, 11) is 0. The number of aromatic nitrogens is 2. The van der Waals surface area contributed by atoms with Gasteiger partial charge in [-0.1, -0.05) is 29.8 Å². The Balaban J connectivity index is 1.88. The van der Waals surface area contributed by atoms with Gasteiger partial charge in [-0.3, -0.25) is 4.79 Å². The molecule has 2 heterocycles. The van der Waals surface area contributed by atoms with Crippen LogP contribution in [0.1, 0.15) is 19.3 Å². The lowest BCUT2D eigenvalue weighted by Crippen LogP contribution is -2.49. The molecule has 0 saturated carbocycles. The van der Waals surface area contributed by atoms with Gasteiger partial charge in [-0.25, -0.2) is 4.68 Å². The number of fused-ring (bicyclic) bond motifs is 1. The van der Waals surface area contributed by atoms with Crippen LogP contribution < -0.4 is 15.5 Å². The highest BCUT2D eigenvalue weighted by Crippen LogP contribution is 2.18. The normalized spacial score (nSPS) is 22.8. The van der Waals surface area contributed by atoms with Crippen molar-refractivity contribution in [2.75, 3.05) is 24.7 Å². The van der Waals surface area contributed by atoms with Gasteiger partial charge in [-0.05, 0) is 43.2 Å². The number of hydrogen-bond acceptors (Lipinski definition) is 4. The molecule has 1 saturated heterocycles. The van der Waals surface area contributed by atoms with Gasteiger partial charge < -0.3 is 14.7 Å². The second-order valence-corrected chi connectivity index (χ2v) is 7.34. The van der Waals surface area contributed by atoms with Crippen LogP contribution in [0.3, 0.4) is 0 Å². The number of benzene rings is 1. The highest BCUT2D eigenvalue weighted by molar-refractivity contribution is 6.30. The summed E-state index contributed by atoms with van der Waals surface area (Å²) < 4.78 is 7.46. The minimum Gasteiger partial charge on any atom is -0.481 e. The number of halogens is 1. The van der Waals surface area contributed by atoms with Gasteiger partial charge in [0.2, 0.25) is 0 Å². The van der Waals surface area contributed by atoms with Crippen molar-refractivity contribution in [2.24, 2.45) is 0 Å². The summed E-state index contributed by atoms with van der Waals surface area (Å²) in [6.07, 6.45) is 10.3. The average Bonchev–Trinajstić information content (AvgIpc) is 2.99. The minimum atomic E-state index is -0.837. The fraction of sp³-hybridized carbons (Fsp3) is 0.333. The Morgan fingerprint density at radius 1 is 1.29 bits per heavy atom. The number of anilines is 1. The largest absolute Gasteiger partial charge is 0.481 e. The van der Waals surface area contributed by atoms with Crippen LogP contribution in [0.15, 0.2) is 36.4 Å². The molecular formula is C21H22ClN3O3. The first-order valence-corrected chi connectivity index (χ1v) is 9.79. The first kappa shape index (κ1) is 18.8. The third kappa shape index (κ3) is 3.84. The summed E-state index contributed by atoms with van der Waals surface area (Å²) in [5.74, 6) is -0.0433. The summed E-state index contributed by atoms with van der Waals surface area (Å²) >= 11 is 6.05. The Morgan fingerprint density at radius 2 is 2.11 bits per heavy atom. The number of carbonyl (C=O) groups is 1. The van der Waals surface area contributed by atoms with Gasteiger partial charge in [-0.15, -0.1) is 5.10 Å². The molecule has 28 heavy (non-hydrogen) atoms. The second kappa shape index (κ2) is 8.20. The molecule has 2 aromatic rings. The molecular weight excluding hydrogens is 378 g/mol. The van der Waals surface area contributed by atoms with E-state index in [1.165, 1.54) is 0 Å². The summed E-state index contributed by atoms with van der Waals surface area (Å²) in [4.78, 5) is 13.4. The molecule has 4 rings (SSSR count). The zero-order valence-corrected chi connectivity index (χ0v) is 16.2. The molecule has 0 bridgehead atoms. The van der Waals surface area contributed by atoms with Crippen molar-refractivity contribution in [1.29, 1.82) is 0 Å². The number of carboxylic acid groups (broad SMARTS) is 1. The number of aliphatic carboxylic acids is 1. The van der Waals surface area contributed by atoms with Crippen LogP contribution in [0, 0.1) is 0 Å². The second-order valence-electron chi connectivity index (χ2n) is 6.91. The third-order valence-corrected chi connectivity index (χ3v) is 5.24. The lowest BCUT2D eigenvalue weighted by molar-refractivity contribution is -0.138. The van der Waals surface area contributed by atoms with E-state index in [0.29, 0.717) is 24.8 Å². The van der Waals surface area contributed by atoms with Crippen molar-refractivity contribution < 1.29 is 14.6 Å². The molecule has 1 aromatic heterocycles. The van der Waals surface area contributed by atoms with E-state index in [0.717, 1.165) is 34.9 Å². The predicted octanol–water partition coefficient (Wildman–Crippen LogP) is 2.12. The molecule has 1 N–H and O–H groups in total. The number of ether oxygens (including phenoxy) is 1. The number of carboxylic acids is 1. The molecule has 1 aliphatic carbocycles. The van der Waals surface area contributed by atoms with Crippen LogP contribution in [0.25, 0.3) is 17.8 Å². The van der Waals surface area contributed by atoms with Gasteiger partial charge in [0.05, 0.1) is 36.7 Å². The number of morpholine rings is 1. The molecule has 1 unspecified atom stereocenters. The van der Waals surface area contributed by atoms with Gasteiger partial charge in [0.15, 0.2) is 5.82 Å². The molecule has 1 atom stereocenters. The van der Waals surface area contributed by atoms with E-state index < -0.39 is 5.97 Å². The molecule has 2 aliphatic rings. The molecule has 1 fully saturated rings. The Hall–Kier alpha value is -2.57. The molecule has 0 spiro atoms. The van der Waals surface area contributed by atoms with Gasteiger partial charge in [0, 0.05) is 16.8 Å². The molecule has 146 valence electrons. The average molecular weight is 400 g/mol. The maximum Gasteiger partial charge on any atom is 0.305 e. The van der Waals surface area contributed by atoms with E-state index >= 15 is 0 Å². The zero-order chi connectivity index (χ0) is 19.5. The molecule has 7 heteroatoms. The SMILES string of the molecule is O=C(O)CC1COCCN1c1nn(-c2ccc(Cl)cc2)c2/c1=C\C=C/CC/C=2. The predicted molar refractivity (Wildman–Crippen MR) is 109 cm³/mol. The van der Waals surface area contributed by atoms with Gasteiger partial charge in [0.25, 0.3) is 0 Å². The Kier molecular flexibility index (Phi) is 5.50. The van der Waals surface area contributed by atoms with Crippen molar-refractivity contribution in [3.8, 4) is 5.69 Å². The molecule has 1 aromatic carbocycles. The van der Waals surface area contributed by atoms with Gasteiger partial charge >= 0.3 is 5.97 Å². The van der Waals surface area contributed by atoms with E-state index in [9.17, 15) is 9.90 Å². The smallest absolute Gasteiger partial charge is 0.305 e. The van der Waals surface area contributed by atoms with Crippen LogP contribution in [-0.4, -0.2) is 46.7 Å². The van der Waals surface area contributed by atoms with Crippen LogP contribution in [0.2, 0.25) is 5.02 Å². The summed E-state index contributed by atoms with van der Waals surface area (Å²) in [6.45, 7) is 1.55. The lowest BCUT2D eigenvalue weighted by Gasteiger charge is -2.35. The van der Waals surface area contributed by atoms with E-state index in [4.69, 9.17) is 21.4 Å². The monoisotopic (exact) mass is 399 g/mol. The van der Waals surface area contributed by atoms with Crippen LogP contribution in [0.4, 0.5) is 5.82 Å². The van der Waals surface area contributed by atoms with E-state index in [1.54, 1.807) is 0 Å². The fourth-order valence-electron chi connectivity index (χ4n) is 3.66. The highest BCUT2D eigenvalue weighted by atomic mass is 35.5. The minimum absolute atomic E-state index is 0.0160. The zero-order valence-electron chi connectivity index (χ0n) is 15.4. The fourth-order valence-corrected chi connectivity index (χ4v) is 3.79. The van der Waals surface area contributed by atoms with E-state index in [1.807, 2.05) is 28.9 Å². The van der Waals surface area contributed by atoms with Crippen molar-refractivity contribution in [3.63, 3.8) is 0 Å². The van der Waals surface area contributed by atoms with Crippen molar-refractivity contribution in [1.82, 2.24) is 9.78 Å². The maximum absolute atomic E-state index is 11.3. The Morgan fingerprint density at radius 3 is 2.89 bits per heavy atom. The number of allylic oxidation sites excluding steroid dienone is 2. The Labute approximate surface area is 168 Å². The first-order chi connectivity index (χ1) is 13.6. The third-order valence-electron chi connectivity index (χ3n) is 4.99. The van der Waals surface area contributed by atoms with Crippen molar-refractivity contribution >= 4 is 35.5 Å². The molecule has 0 amide bonds. The molecule has 6 nitrogen and oxygen atoms in total. The van der Waals surface area contributed by atoms with Gasteiger partial charge in [-0.2, -0.15) is 0 Å². The molecule has 0 radical (unpaired) electrons. The summed E-state index contributed by atoms with van der Waals surface area (Å²) in [5, 5.41) is 16.9. The van der Waals surface area contributed by atoms with E-state index in [2.05, 4.69) is 29.2 Å². The van der Waals surface area contributed by atoms with Crippen LogP contribution in [-0.2, 0) is 9.53 Å². The quantitative estimate of drug-likeness (QED) is 0.853. The number of nitrogens with zero attached hydrogens (tertiary/aromatic N) is 3. The number of hydrogen-bond donors (Lipinski definition) is 1. The lowest BCUT2D eigenvalue weighted by atomic mass is 10.1. The Bertz CT molecular complexity index is 1010. The summed E-state index contributed by atoms with van der Waals surface area (Å²) in [6, 6.07) is 7.33. The topological polar surface area (TPSA) is 67.6 Å². The first-order valence-electron chi connectivity index (χ1n) is 9.41. The van der Waals surface area contributed by atoms with Crippen molar-refractivity contribution in [3.05, 3.63) is 52.0 Å². The van der Waals surface area contributed by atoms with Gasteiger partial charge in [0.1, 0.15) is 0 Å².